The van der Waals surface area contributed by atoms with Crippen molar-refractivity contribution in [2.24, 2.45) is 5.73 Å². The van der Waals surface area contributed by atoms with Crippen LogP contribution in [0.25, 0.3) is 22.3 Å². The molecule has 1 aliphatic rings. The molecule has 3 nitrogen and oxygen atoms in total. The minimum absolute atomic E-state index is 0.152. The van der Waals surface area contributed by atoms with Crippen molar-refractivity contribution in [3.05, 3.63) is 47.5 Å². The van der Waals surface area contributed by atoms with Crippen molar-refractivity contribution >= 4 is 54.3 Å². The van der Waals surface area contributed by atoms with Gasteiger partial charge in [0.2, 0.25) is 0 Å². The third-order valence-electron chi connectivity index (χ3n) is 3.58. The molecule has 0 saturated heterocycles. The van der Waals surface area contributed by atoms with E-state index in [1.54, 1.807) is 11.8 Å². The zero-order valence-corrected chi connectivity index (χ0v) is 15.4. The van der Waals surface area contributed by atoms with Gasteiger partial charge in [-0.3, -0.25) is 10.8 Å². The van der Waals surface area contributed by atoms with Crippen molar-refractivity contribution in [1.82, 2.24) is 0 Å². The number of fused-ring (bicyclic) bond motifs is 4. The molecule has 0 aliphatic heterocycles. The smallest absolute Gasteiger partial charge is 0.151 e. The zero-order chi connectivity index (χ0) is 15.7. The molecule has 3 rings (SSSR count). The molecule has 6 heteroatoms. The number of amidine groups is 1. The van der Waals surface area contributed by atoms with Gasteiger partial charge in [-0.15, -0.1) is 0 Å². The van der Waals surface area contributed by atoms with Crippen molar-refractivity contribution in [2.75, 3.05) is 0 Å². The van der Waals surface area contributed by atoms with Gasteiger partial charge in [-0.05, 0) is 56.0 Å². The van der Waals surface area contributed by atoms with Gasteiger partial charge in [-0.1, -0.05) is 59.9 Å². The highest BCUT2D eigenvalue weighted by atomic mass is 127. The summed E-state index contributed by atoms with van der Waals surface area (Å²) in [6.07, 6.45) is 0. The van der Waals surface area contributed by atoms with Gasteiger partial charge in [-0.25, -0.2) is 0 Å². The Balaban J connectivity index is 1.96. The Bertz CT molecular complexity index is 708. The Labute approximate surface area is 151 Å². The van der Waals surface area contributed by atoms with Gasteiger partial charge < -0.3 is 5.73 Å². The summed E-state index contributed by atoms with van der Waals surface area (Å²) in [6, 6.07) is 12.7. The highest BCUT2D eigenvalue weighted by Gasteiger charge is 2.27. The second-order valence-electron chi connectivity index (χ2n) is 4.89. The Morgan fingerprint density at radius 2 is 1.41 bits per heavy atom. The van der Waals surface area contributed by atoms with Gasteiger partial charge in [0, 0.05) is 11.5 Å². The number of hydrogen-bond donors (Lipinski definition) is 3. The average molecular weight is 439 g/mol. The molecule has 0 aromatic heterocycles. The molecule has 0 spiro atoms. The van der Waals surface area contributed by atoms with Crippen LogP contribution in [-0.4, -0.2) is 8.22 Å². The fraction of sp³-hybridized carbons (Fsp3) is 0.125. The molecule has 0 unspecified atom stereocenters. The van der Waals surface area contributed by atoms with Crippen molar-refractivity contribution in [3.8, 4) is 22.3 Å². The molecule has 0 heterocycles. The van der Waals surface area contributed by atoms with Crippen LogP contribution in [0.15, 0.2) is 36.4 Å². The molecule has 0 amide bonds. The van der Waals surface area contributed by atoms with E-state index in [1.807, 2.05) is 22.6 Å². The summed E-state index contributed by atoms with van der Waals surface area (Å²) >= 11 is 4.95. The van der Waals surface area contributed by atoms with Crippen molar-refractivity contribution in [3.63, 3.8) is 0 Å². The van der Waals surface area contributed by atoms with Gasteiger partial charge in [0.05, 0.1) is 0 Å². The van der Waals surface area contributed by atoms with Gasteiger partial charge in [0.25, 0.3) is 0 Å². The lowest BCUT2D eigenvalue weighted by Crippen LogP contribution is -2.08. The Morgan fingerprint density at radius 1 is 0.909 bits per heavy atom. The van der Waals surface area contributed by atoms with E-state index in [0.717, 1.165) is 11.5 Å². The molecule has 112 valence electrons. The van der Waals surface area contributed by atoms with E-state index in [4.69, 9.17) is 16.6 Å². The summed E-state index contributed by atoms with van der Waals surface area (Å²) in [6.45, 7) is 0. The summed E-state index contributed by atoms with van der Waals surface area (Å²) in [5.74, 6) is 1.54. The predicted octanol–water partition coefficient (Wildman–Crippen LogP) is 5.06. The van der Waals surface area contributed by atoms with Crippen LogP contribution in [0.3, 0.4) is 0 Å². The quantitative estimate of drug-likeness (QED) is 0.302. The highest BCUT2D eigenvalue weighted by molar-refractivity contribution is 14.1. The molecule has 2 aromatic carbocycles. The summed E-state index contributed by atoms with van der Waals surface area (Å²) < 4.78 is 0.607. The van der Waals surface area contributed by atoms with E-state index >= 15 is 0 Å². The van der Waals surface area contributed by atoms with Gasteiger partial charge in [0.1, 0.15) is 3.05 Å². The maximum absolute atomic E-state index is 7.59. The van der Waals surface area contributed by atoms with E-state index in [2.05, 4.69) is 36.4 Å². The maximum Gasteiger partial charge on any atom is 0.151 e. The van der Waals surface area contributed by atoms with E-state index in [1.165, 1.54) is 45.1 Å². The van der Waals surface area contributed by atoms with E-state index in [0.29, 0.717) is 3.05 Å². The van der Waals surface area contributed by atoms with Gasteiger partial charge in [-0.2, -0.15) is 0 Å². The molecule has 0 atom stereocenters. The Morgan fingerprint density at radius 3 is 1.86 bits per heavy atom. The SMILES string of the molecule is N=C(N)SCc1cccc2c1-c1c(CSC(=N)I)cccc1-2. The molecule has 2 aromatic rings. The van der Waals surface area contributed by atoms with Crippen LogP contribution in [0.4, 0.5) is 0 Å². The third-order valence-corrected chi connectivity index (χ3v) is 5.99. The Kier molecular flexibility index (Phi) is 4.79. The van der Waals surface area contributed by atoms with Gasteiger partial charge in [0.15, 0.2) is 5.17 Å². The number of halogens is 1. The van der Waals surface area contributed by atoms with Crippen LogP contribution in [0.1, 0.15) is 11.1 Å². The molecular formula is C16H14IN3S2. The summed E-state index contributed by atoms with van der Waals surface area (Å²) in [7, 11) is 0. The maximum atomic E-state index is 7.59. The zero-order valence-electron chi connectivity index (χ0n) is 11.7. The largest absolute Gasteiger partial charge is 0.379 e. The normalized spacial score (nSPS) is 11.3. The van der Waals surface area contributed by atoms with E-state index < -0.39 is 0 Å². The highest BCUT2D eigenvalue weighted by Crippen LogP contribution is 2.51. The molecule has 1 aliphatic carbocycles. The number of hydrogen-bond acceptors (Lipinski definition) is 4. The number of nitrogens with one attached hydrogen (secondary N) is 2. The molecule has 22 heavy (non-hydrogen) atoms. The minimum Gasteiger partial charge on any atom is -0.379 e. The van der Waals surface area contributed by atoms with Gasteiger partial charge >= 0.3 is 0 Å². The average Bonchev–Trinajstić information content (AvgIpc) is 2.47. The Hall–Kier alpha value is -0.990. The first-order valence-corrected chi connectivity index (χ1v) is 9.71. The van der Waals surface area contributed by atoms with E-state index in [9.17, 15) is 0 Å². The van der Waals surface area contributed by atoms with Crippen LogP contribution in [0.5, 0.6) is 0 Å². The predicted molar refractivity (Wildman–Crippen MR) is 107 cm³/mol. The second-order valence-corrected chi connectivity index (χ2v) is 8.71. The second kappa shape index (κ2) is 6.64. The standard InChI is InChI=1S/C16H14IN3S2/c17-15(18)21-7-9-3-1-5-11-12-6-2-4-10(8-22-16(19)20)14(12)13(9)11/h1-6,18H,7-8H2,(H3,19,20). The first kappa shape index (κ1) is 15.9. The van der Waals surface area contributed by atoms with Crippen molar-refractivity contribution in [2.45, 2.75) is 11.5 Å². The molecule has 0 bridgehead atoms. The molecule has 0 saturated carbocycles. The van der Waals surface area contributed by atoms with Crippen LogP contribution in [0.2, 0.25) is 0 Å². The fourth-order valence-corrected chi connectivity index (χ4v) is 4.26. The molecule has 0 fully saturated rings. The molecule has 0 radical (unpaired) electrons. The number of rotatable bonds is 4. The van der Waals surface area contributed by atoms with Crippen LogP contribution < -0.4 is 5.73 Å². The topological polar surface area (TPSA) is 73.7 Å². The monoisotopic (exact) mass is 439 g/mol. The van der Waals surface area contributed by atoms with Crippen LogP contribution in [-0.2, 0) is 11.5 Å². The minimum atomic E-state index is 0.152. The van der Waals surface area contributed by atoms with E-state index in [-0.39, 0.29) is 5.17 Å². The fourth-order valence-electron chi connectivity index (χ4n) is 2.71. The number of nitrogens with two attached hydrogens (primary N) is 1. The van der Waals surface area contributed by atoms with Crippen molar-refractivity contribution < 1.29 is 0 Å². The lowest BCUT2D eigenvalue weighted by molar-refractivity contribution is 1.33. The molecule has 4 N–H and O–H groups in total. The first-order chi connectivity index (χ1) is 10.6. The summed E-state index contributed by atoms with van der Waals surface area (Å²) in [4.78, 5) is 0. The summed E-state index contributed by atoms with van der Waals surface area (Å²) in [5.41, 5.74) is 13.2. The lowest BCUT2D eigenvalue weighted by atomic mass is 9.76. The number of benzene rings is 2. The first-order valence-electron chi connectivity index (χ1n) is 6.66. The molecular weight excluding hydrogens is 425 g/mol. The summed E-state index contributed by atoms with van der Waals surface area (Å²) in [5, 5.41) is 15.1. The van der Waals surface area contributed by atoms with Crippen LogP contribution in [0, 0.1) is 10.8 Å². The van der Waals surface area contributed by atoms with Crippen LogP contribution >= 0.6 is 46.1 Å². The van der Waals surface area contributed by atoms with Crippen molar-refractivity contribution in [1.29, 1.82) is 10.8 Å². The third kappa shape index (κ3) is 3.04. The lowest BCUT2D eigenvalue weighted by Gasteiger charge is -2.29. The number of thioether (sulfide) groups is 2.